The molecule has 0 aliphatic heterocycles. The lowest BCUT2D eigenvalue weighted by molar-refractivity contribution is -0.155. The van der Waals surface area contributed by atoms with Gasteiger partial charge in [0.1, 0.15) is 11.6 Å². The predicted molar refractivity (Wildman–Crippen MR) is 131 cm³/mol. The predicted octanol–water partition coefficient (Wildman–Crippen LogP) is 4.24. The Morgan fingerprint density at radius 2 is 2.00 bits per heavy atom. The second-order valence-electron chi connectivity index (χ2n) is 9.46. The molecule has 1 fully saturated rings. The van der Waals surface area contributed by atoms with E-state index in [4.69, 9.17) is 15.5 Å². The number of halogens is 1. The number of fused-ring (bicyclic) bond motifs is 2. The highest BCUT2D eigenvalue weighted by Gasteiger charge is 2.43. The third kappa shape index (κ3) is 3.87. The minimum atomic E-state index is -0.953. The van der Waals surface area contributed by atoms with Gasteiger partial charge in [-0.25, -0.2) is 9.37 Å². The van der Waals surface area contributed by atoms with Gasteiger partial charge >= 0.3 is 5.97 Å². The minimum Gasteiger partial charge on any atom is -0.481 e. The van der Waals surface area contributed by atoms with Gasteiger partial charge in [0.2, 0.25) is 0 Å². The molecule has 0 amide bonds. The standard InChI is InChI=1S/C26H26FN5O4/c1-14(33)21-22(15-5-7-26(8-6-15,13-36-2)25(34)35)31-24-19(12-30-32(24)23(21)28)17-9-16-10-18(27)3-4-20(16)29-11-17/h3-4,9-12,15H,5-8,13,28H2,1-2H3,(H,34,35). The second kappa shape index (κ2) is 8.94. The molecule has 1 aromatic carbocycles. The smallest absolute Gasteiger partial charge is 0.311 e. The topological polar surface area (TPSA) is 133 Å². The number of benzene rings is 1. The number of anilines is 1. The van der Waals surface area contributed by atoms with Gasteiger partial charge in [-0.15, -0.1) is 0 Å². The third-order valence-corrected chi connectivity index (χ3v) is 7.22. The number of Topliss-reactive ketones (excluding diaryl/α,β-unsaturated/α-hetero) is 1. The average molecular weight is 492 g/mol. The number of methoxy groups -OCH3 is 1. The Morgan fingerprint density at radius 3 is 2.67 bits per heavy atom. The molecule has 3 N–H and O–H groups in total. The number of carbonyl (C=O) groups excluding carboxylic acids is 1. The summed E-state index contributed by atoms with van der Waals surface area (Å²) in [6.45, 7) is 1.57. The van der Waals surface area contributed by atoms with Crippen molar-refractivity contribution >= 4 is 34.1 Å². The number of ether oxygens (including phenoxy) is 1. The molecule has 0 radical (unpaired) electrons. The van der Waals surface area contributed by atoms with E-state index in [0.717, 1.165) is 0 Å². The number of pyridine rings is 1. The molecular weight excluding hydrogens is 465 g/mol. The summed E-state index contributed by atoms with van der Waals surface area (Å²) in [5, 5.41) is 14.8. The molecule has 0 atom stereocenters. The molecule has 0 spiro atoms. The van der Waals surface area contributed by atoms with Crippen LogP contribution in [0.4, 0.5) is 10.2 Å². The van der Waals surface area contributed by atoms with E-state index in [1.54, 1.807) is 18.5 Å². The number of aliphatic carboxylic acids is 1. The number of nitrogens with two attached hydrogens (primary N) is 1. The second-order valence-corrected chi connectivity index (χ2v) is 9.46. The van der Waals surface area contributed by atoms with Crippen molar-refractivity contribution in [3.63, 3.8) is 0 Å². The normalized spacial score (nSPS) is 20.1. The molecule has 0 saturated heterocycles. The van der Waals surface area contributed by atoms with Crippen molar-refractivity contribution in [3.05, 3.63) is 53.7 Å². The summed E-state index contributed by atoms with van der Waals surface area (Å²) in [5.41, 5.74) is 8.78. The lowest BCUT2D eigenvalue weighted by Gasteiger charge is -2.36. The number of carboxylic acid groups (broad SMARTS) is 1. The zero-order chi connectivity index (χ0) is 25.6. The lowest BCUT2D eigenvalue weighted by atomic mass is 9.69. The highest BCUT2D eigenvalue weighted by atomic mass is 19.1. The Bertz CT molecular complexity index is 1510. The Balaban J connectivity index is 1.61. The first-order valence-electron chi connectivity index (χ1n) is 11.7. The summed E-state index contributed by atoms with van der Waals surface area (Å²) in [7, 11) is 1.50. The van der Waals surface area contributed by atoms with E-state index in [2.05, 4.69) is 10.1 Å². The maximum atomic E-state index is 13.8. The third-order valence-electron chi connectivity index (χ3n) is 7.22. The van der Waals surface area contributed by atoms with E-state index in [-0.39, 0.29) is 29.9 Å². The van der Waals surface area contributed by atoms with Crippen LogP contribution in [0.3, 0.4) is 0 Å². The van der Waals surface area contributed by atoms with E-state index >= 15 is 0 Å². The Kier molecular flexibility index (Phi) is 5.91. The summed E-state index contributed by atoms with van der Waals surface area (Å²) in [6.07, 6.45) is 5.12. The Hall–Kier alpha value is -3.92. The zero-order valence-corrected chi connectivity index (χ0v) is 20.0. The molecule has 1 aliphatic carbocycles. The molecule has 1 saturated carbocycles. The van der Waals surface area contributed by atoms with Gasteiger partial charge < -0.3 is 15.6 Å². The van der Waals surface area contributed by atoms with E-state index in [1.165, 1.54) is 30.7 Å². The number of carboxylic acids is 1. The molecule has 10 heteroatoms. The van der Waals surface area contributed by atoms with Crippen molar-refractivity contribution in [1.82, 2.24) is 19.6 Å². The fraction of sp³-hybridized carbons (Fsp3) is 0.346. The van der Waals surface area contributed by atoms with Crippen molar-refractivity contribution in [2.75, 3.05) is 19.5 Å². The van der Waals surface area contributed by atoms with E-state index in [9.17, 15) is 19.1 Å². The first-order chi connectivity index (χ1) is 17.2. The van der Waals surface area contributed by atoms with Gasteiger partial charge in [0.15, 0.2) is 11.4 Å². The van der Waals surface area contributed by atoms with Crippen LogP contribution in [0.1, 0.15) is 54.6 Å². The monoisotopic (exact) mass is 491 g/mol. The quantitative estimate of drug-likeness (QED) is 0.383. The number of rotatable bonds is 6. The first kappa shape index (κ1) is 23.8. The van der Waals surface area contributed by atoms with Gasteiger partial charge in [-0.1, -0.05) is 0 Å². The van der Waals surface area contributed by atoms with Crippen molar-refractivity contribution in [2.24, 2.45) is 5.41 Å². The molecule has 0 unspecified atom stereocenters. The number of nitrogen functional groups attached to an aromatic ring is 1. The van der Waals surface area contributed by atoms with Crippen LogP contribution in [0.2, 0.25) is 0 Å². The van der Waals surface area contributed by atoms with Crippen LogP contribution in [-0.4, -0.2) is 50.2 Å². The van der Waals surface area contributed by atoms with Crippen molar-refractivity contribution < 1.29 is 23.8 Å². The molecule has 3 heterocycles. The van der Waals surface area contributed by atoms with Crippen LogP contribution in [0.25, 0.3) is 27.7 Å². The first-order valence-corrected chi connectivity index (χ1v) is 11.7. The molecular formula is C26H26FN5O4. The van der Waals surface area contributed by atoms with Crippen LogP contribution in [0.15, 0.2) is 36.7 Å². The summed E-state index contributed by atoms with van der Waals surface area (Å²) in [6, 6.07) is 6.20. The van der Waals surface area contributed by atoms with Crippen LogP contribution in [0, 0.1) is 11.2 Å². The number of nitrogens with zero attached hydrogens (tertiary/aromatic N) is 4. The van der Waals surface area contributed by atoms with Crippen LogP contribution in [0.5, 0.6) is 0 Å². The van der Waals surface area contributed by atoms with Crippen molar-refractivity contribution in [2.45, 2.75) is 38.5 Å². The zero-order valence-electron chi connectivity index (χ0n) is 20.0. The highest BCUT2D eigenvalue weighted by Crippen LogP contribution is 2.45. The maximum Gasteiger partial charge on any atom is 0.311 e. The highest BCUT2D eigenvalue weighted by molar-refractivity contribution is 6.00. The van der Waals surface area contributed by atoms with Gasteiger partial charge in [-0.05, 0) is 56.9 Å². The Labute approximate surface area is 206 Å². The molecule has 9 nitrogen and oxygen atoms in total. The number of hydrogen-bond donors (Lipinski definition) is 2. The van der Waals surface area contributed by atoms with Crippen LogP contribution in [-0.2, 0) is 9.53 Å². The van der Waals surface area contributed by atoms with Gasteiger partial charge in [-0.3, -0.25) is 14.6 Å². The van der Waals surface area contributed by atoms with E-state index in [1.807, 2.05) is 6.07 Å². The number of aromatic nitrogens is 4. The van der Waals surface area contributed by atoms with E-state index < -0.39 is 11.4 Å². The Morgan fingerprint density at radius 1 is 1.25 bits per heavy atom. The molecule has 0 bridgehead atoms. The maximum absolute atomic E-state index is 13.8. The summed E-state index contributed by atoms with van der Waals surface area (Å²) < 4.78 is 20.4. The lowest BCUT2D eigenvalue weighted by Crippen LogP contribution is -2.39. The van der Waals surface area contributed by atoms with Crippen LogP contribution >= 0.6 is 0 Å². The van der Waals surface area contributed by atoms with Gasteiger partial charge in [0, 0.05) is 35.7 Å². The summed E-state index contributed by atoms with van der Waals surface area (Å²) in [5.74, 6) is -1.44. The molecule has 36 heavy (non-hydrogen) atoms. The van der Waals surface area contributed by atoms with E-state index in [0.29, 0.717) is 64.6 Å². The molecule has 186 valence electrons. The number of carbonyl (C=O) groups is 2. The fourth-order valence-corrected chi connectivity index (χ4v) is 5.28. The SMILES string of the molecule is COCC1(C(=O)O)CCC(c2nc3c(-c4cnc5ccc(F)cc5c4)cnn3c(N)c2C(C)=O)CC1. The number of hydrogen-bond acceptors (Lipinski definition) is 7. The van der Waals surface area contributed by atoms with Gasteiger partial charge in [0.05, 0.1) is 35.0 Å². The van der Waals surface area contributed by atoms with Crippen LogP contribution < -0.4 is 5.73 Å². The molecule has 1 aliphatic rings. The molecule has 4 aromatic rings. The molecule has 5 rings (SSSR count). The molecule has 3 aromatic heterocycles. The number of ketones is 1. The van der Waals surface area contributed by atoms with Gasteiger partial charge in [0.25, 0.3) is 0 Å². The summed E-state index contributed by atoms with van der Waals surface area (Å²) >= 11 is 0. The summed E-state index contributed by atoms with van der Waals surface area (Å²) in [4.78, 5) is 33.9. The largest absolute Gasteiger partial charge is 0.481 e. The van der Waals surface area contributed by atoms with Crippen molar-refractivity contribution in [1.29, 1.82) is 0 Å². The minimum absolute atomic E-state index is 0.131. The van der Waals surface area contributed by atoms with Crippen molar-refractivity contribution in [3.8, 4) is 11.1 Å². The van der Waals surface area contributed by atoms with Gasteiger partial charge in [-0.2, -0.15) is 9.61 Å². The fourth-order valence-electron chi connectivity index (χ4n) is 5.28. The average Bonchev–Trinajstić information content (AvgIpc) is 3.28.